The van der Waals surface area contributed by atoms with Gasteiger partial charge in [-0.05, 0) is 18.2 Å². The zero-order valence-electron chi connectivity index (χ0n) is 8.02. The second-order valence-electron chi connectivity index (χ2n) is 2.97. The molecule has 16 heavy (non-hydrogen) atoms. The van der Waals surface area contributed by atoms with Crippen molar-refractivity contribution in [2.75, 3.05) is 5.73 Å². The van der Waals surface area contributed by atoms with E-state index in [1.54, 1.807) is 0 Å². The number of rotatable bonds is 2. The van der Waals surface area contributed by atoms with Crippen LogP contribution in [0.15, 0.2) is 30.3 Å². The van der Waals surface area contributed by atoms with Gasteiger partial charge >= 0.3 is 0 Å². The summed E-state index contributed by atoms with van der Waals surface area (Å²) in [6.07, 6.45) is 0. The maximum Gasteiger partial charge on any atom is 0.238 e. The van der Waals surface area contributed by atoms with E-state index in [1.165, 1.54) is 30.3 Å². The highest BCUT2D eigenvalue weighted by molar-refractivity contribution is 6.30. The smallest absolute Gasteiger partial charge is 0.238 e. The van der Waals surface area contributed by atoms with E-state index in [0.717, 1.165) is 0 Å². The number of nitrogen functional groups attached to an aromatic ring is 1. The number of nitrogens with zero attached hydrogens (tertiary/aromatic N) is 2. The fourth-order valence-electron chi connectivity index (χ4n) is 1.05. The van der Waals surface area contributed by atoms with Gasteiger partial charge in [0.1, 0.15) is 17.4 Å². The first kappa shape index (κ1) is 10.6. The first-order valence-corrected chi connectivity index (χ1v) is 4.75. The van der Waals surface area contributed by atoms with E-state index in [1.807, 2.05) is 0 Å². The second-order valence-corrected chi connectivity index (χ2v) is 3.38. The van der Waals surface area contributed by atoms with E-state index < -0.39 is 5.82 Å². The molecule has 0 radical (unpaired) electrons. The lowest BCUT2D eigenvalue weighted by Crippen LogP contribution is -1.95. The van der Waals surface area contributed by atoms with Crippen LogP contribution in [0, 0.1) is 5.82 Å². The summed E-state index contributed by atoms with van der Waals surface area (Å²) in [5.41, 5.74) is 5.36. The fraction of sp³-hybridized carbons (Fsp3) is 0. The lowest BCUT2D eigenvalue weighted by Gasteiger charge is -2.04. The van der Waals surface area contributed by atoms with Crippen LogP contribution in [0.25, 0.3) is 0 Å². The molecule has 2 N–H and O–H groups in total. The Balaban J connectivity index is 2.20. The molecular weight excluding hydrogens is 233 g/mol. The Bertz CT molecular complexity index is 504. The predicted octanol–water partition coefficient (Wildman–Crippen LogP) is 2.64. The average Bonchev–Trinajstić information content (AvgIpc) is 2.27. The van der Waals surface area contributed by atoms with Crippen LogP contribution in [0.5, 0.6) is 11.6 Å². The van der Waals surface area contributed by atoms with Crippen LogP contribution in [0.2, 0.25) is 5.02 Å². The van der Waals surface area contributed by atoms with Crippen LogP contribution in [-0.4, -0.2) is 10.2 Å². The van der Waals surface area contributed by atoms with Gasteiger partial charge in [0.2, 0.25) is 5.88 Å². The maximum absolute atomic E-state index is 13.1. The minimum absolute atomic E-state index is 0.0377. The number of aromatic nitrogens is 2. The molecular formula is C10H7ClFN3O. The Morgan fingerprint density at radius 3 is 2.62 bits per heavy atom. The van der Waals surface area contributed by atoms with Crippen LogP contribution < -0.4 is 10.5 Å². The van der Waals surface area contributed by atoms with Crippen molar-refractivity contribution in [3.05, 3.63) is 41.2 Å². The topological polar surface area (TPSA) is 61.0 Å². The number of ether oxygens (including phenoxy) is 1. The molecule has 0 spiro atoms. The highest BCUT2D eigenvalue weighted by atomic mass is 35.5. The van der Waals surface area contributed by atoms with Crippen molar-refractivity contribution in [2.24, 2.45) is 0 Å². The average molecular weight is 240 g/mol. The number of halogens is 2. The summed E-state index contributed by atoms with van der Waals surface area (Å²) in [6.45, 7) is 0. The summed E-state index contributed by atoms with van der Waals surface area (Å²) in [4.78, 5) is 0. The zero-order chi connectivity index (χ0) is 11.5. The van der Waals surface area contributed by atoms with Gasteiger partial charge < -0.3 is 10.5 Å². The van der Waals surface area contributed by atoms with Gasteiger partial charge in [0.25, 0.3) is 0 Å². The molecule has 6 heteroatoms. The van der Waals surface area contributed by atoms with Crippen molar-refractivity contribution in [2.45, 2.75) is 0 Å². The van der Waals surface area contributed by atoms with Crippen LogP contribution in [0.1, 0.15) is 0 Å². The number of nitrogens with two attached hydrogens (primary N) is 1. The van der Waals surface area contributed by atoms with E-state index in [-0.39, 0.29) is 16.7 Å². The van der Waals surface area contributed by atoms with Crippen LogP contribution in [0.3, 0.4) is 0 Å². The van der Waals surface area contributed by atoms with Gasteiger partial charge in [-0.25, -0.2) is 4.39 Å². The molecule has 4 nitrogen and oxygen atoms in total. The van der Waals surface area contributed by atoms with E-state index in [2.05, 4.69) is 10.2 Å². The van der Waals surface area contributed by atoms with Gasteiger partial charge in [-0.1, -0.05) is 11.6 Å². The van der Waals surface area contributed by atoms with E-state index >= 15 is 0 Å². The summed E-state index contributed by atoms with van der Waals surface area (Å²) < 4.78 is 18.3. The molecule has 0 bridgehead atoms. The van der Waals surface area contributed by atoms with Crippen LogP contribution in [-0.2, 0) is 0 Å². The monoisotopic (exact) mass is 239 g/mol. The summed E-state index contributed by atoms with van der Waals surface area (Å²) in [5, 5.41) is 7.31. The van der Waals surface area contributed by atoms with Gasteiger partial charge in [0, 0.05) is 12.1 Å². The van der Waals surface area contributed by atoms with Gasteiger partial charge in [-0.15, -0.1) is 10.2 Å². The van der Waals surface area contributed by atoms with E-state index in [4.69, 9.17) is 22.1 Å². The maximum atomic E-state index is 13.1. The Kier molecular flexibility index (Phi) is 2.87. The van der Waals surface area contributed by atoms with E-state index in [9.17, 15) is 4.39 Å². The molecule has 0 aliphatic carbocycles. The summed E-state index contributed by atoms with van der Waals surface area (Å²) >= 11 is 5.53. The molecule has 0 aliphatic heterocycles. The molecule has 0 aliphatic rings. The Morgan fingerprint density at radius 1 is 1.19 bits per heavy atom. The Morgan fingerprint density at radius 2 is 2.00 bits per heavy atom. The third-order valence-corrected chi connectivity index (χ3v) is 2.08. The normalized spacial score (nSPS) is 10.1. The summed E-state index contributed by atoms with van der Waals surface area (Å²) in [5.74, 6) is 0.258. The SMILES string of the molecule is Nc1ccc(Oc2ccc(Cl)c(F)c2)nn1. The largest absolute Gasteiger partial charge is 0.437 e. The highest BCUT2D eigenvalue weighted by Gasteiger charge is 2.03. The Labute approximate surface area is 95.8 Å². The zero-order valence-corrected chi connectivity index (χ0v) is 8.78. The Hall–Kier alpha value is -1.88. The molecule has 2 aromatic rings. The predicted molar refractivity (Wildman–Crippen MR) is 57.9 cm³/mol. The number of benzene rings is 1. The van der Waals surface area contributed by atoms with Crippen molar-refractivity contribution >= 4 is 17.4 Å². The molecule has 1 aromatic heterocycles. The van der Waals surface area contributed by atoms with E-state index in [0.29, 0.717) is 5.75 Å². The molecule has 0 amide bonds. The molecule has 0 saturated heterocycles. The lowest BCUT2D eigenvalue weighted by molar-refractivity contribution is 0.451. The molecule has 0 saturated carbocycles. The van der Waals surface area contributed by atoms with Crippen LogP contribution in [0.4, 0.5) is 10.2 Å². The summed E-state index contributed by atoms with van der Waals surface area (Å²) in [6, 6.07) is 7.17. The van der Waals surface area contributed by atoms with Crippen molar-refractivity contribution < 1.29 is 9.13 Å². The fourth-order valence-corrected chi connectivity index (χ4v) is 1.16. The third-order valence-electron chi connectivity index (χ3n) is 1.77. The lowest BCUT2D eigenvalue weighted by atomic mass is 10.3. The highest BCUT2D eigenvalue weighted by Crippen LogP contribution is 2.23. The number of hydrogen-bond donors (Lipinski definition) is 1. The van der Waals surface area contributed by atoms with Crippen molar-refractivity contribution in [3.8, 4) is 11.6 Å². The van der Waals surface area contributed by atoms with Gasteiger partial charge in [-0.2, -0.15) is 0 Å². The first-order chi connectivity index (χ1) is 7.65. The molecule has 1 heterocycles. The van der Waals surface area contributed by atoms with Gasteiger partial charge in [0.05, 0.1) is 5.02 Å². The molecule has 1 aromatic carbocycles. The molecule has 2 rings (SSSR count). The minimum Gasteiger partial charge on any atom is -0.437 e. The first-order valence-electron chi connectivity index (χ1n) is 4.37. The molecule has 82 valence electrons. The van der Waals surface area contributed by atoms with Crippen molar-refractivity contribution in [3.63, 3.8) is 0 Å². The van der Waals surface area contributed by atoms with Crippen LogP contribution >= 0.6 is 11.6 Å². The quantitative estimate of drug-likeness (QED) is 0.875. The molecule has 0 unspecified atom stereocenters. The van der Waals surface area contributed by atoms with Gasteiger partial charge in [0.15, 0.2) is 0 Å². The van der Waals surface area contributed by atoms with Gasteiger partial charge in [-0.3, -0.25) is 0 Å². The molecule has 0 fully saturated rings. The standard InChI is InChI=1S/C10H7ClFN3O/c11-7-2-1-6(5-8(7)12)16-10-4-3-9(13)14-15-10/h1-5H,(H2,13,14). The summed E-state index contributed by atoms with van der Waals surface area (Å²) in [7, 11) is 0. The molecule has 0 atom stereocenters. The second kappa shape index (κ2) is 4.32. The number of anilines is 1. The third kappa shape index (κ3) is 2.38. The van der Waals surface area contributed by atoms with Crippen molar-refractivity contribution in [1.29, 1.82) is 0 Å². The minimum atomic E-state index is -0.553. The van der Waals surface area contributed by atoms with Crippen molar-refractivity contribution in [1.82, 2.24) is 10.2 Å². The number of hydrogen-bond acceptors (Lipinski definition) is 4.